The van der Waals surface area contributed by atoms with Gasteiger partial charge in [-0.25, -0.2) is 0 Å². The Morgan fingerprint density at radius 1 is 1.75 bits per heavy atom. The summed E-state index contributed by atoms with van der Waals surface area (Å²) >= 11 is 0. The van der Waals surface area contributed by atoms with Crippen molar-refractivity contribution in [2.75, 3.05) is 33.4 Å². The van der Waals surface area contributed by atoms with E-state index in [9.17, 15) is 4.79 Å². The number of hydrogen-bond donors (Lipinski definition) is 1. The topological polar surface area (TPSA) is 49.8 Å². The van der Waals surface area contributed by atoms with E-state index < -0.39 is 0 Å². The molecule has 1 rings (SSSR count). The summed E-state index contributed by atoms with van der Waals surface area (Å²) in [6, 6.07) is 0. The Morgan fingerprint density at radius 2 is 2.50 bits per heavy atom. The number of methoxy groups -OCH3 is 1. The van der Waals surface area contributed by atoms with Crippen LogP contribution in [-0.2, 0) is 9.53 Å². The van der Waals surface area contributed by atoms with E-state index in [-0.39, 0.29) is 25.0 Å². The Labute approximate surface area is 72.1 Å². The monoisotopic (exact) mass is 173 g/mol. The number of aliphatic hydroxyl groups is 1. The van der Waals surface area contributed by atoms with Crippen molar-refractivity contribution < 1.29 is 14.6 Å². The molecule has 12 heavy (non-hydrogen) atoms. The molecule has 4 nitrogen and oxygen atoms in total. The maximum atomic E-state index is 11.2. The number of ether oxygens (including phenoxy) is 1. The van der Waals surface area contributed by atoms with E-state index in [1.165, 1.54) is 7.11 Å². The molecule has 1 fully saturated rings. The lowest BCUT2D eigenvalue weighted by Crippen LogP contribution is -2.31. The van der Waals surface area contributed by atoms with E-state index in [4.69, 9.17) is 9.84 Å². The molecule has 0 aliphatic carbocycles. The fourth-order valence-electron chi connectivity index (χ4n) is 1.42. The first-order chi connectivity index (χ1) is 5.77. The van der Waals surface area contributed by atoms with Crippen molar-refractivity contribution in [1.29, 1.82) is 0 Å². The minimum atomic E-state index is 0.0217. The third-order valence-corrected chi connectivity index (χ3v) is 2.16. The molecule has 1 aliphatic rings. The maximum Gasteiger partial charge on any atom is 0.248 e. The molecule has 0 aromatic heterocycles. The molecule has 1 saturated heterocycles. The number of likely N-dealkylation sites (tertiary alicyclic amines) is 1. The zero-order valence-electron chi connectivity index (χ0n) is 7.32. The molecule has 1 amide bonds. The molecule has 0 aromatic carbocycles. The number of aliphatic hydroxyl groups excluding tert-OH is 1. The third kappa shape index (κ3) is 2.19. The predicted molar refractivity (Wildman–Crippen MR) is 43.6 cm³/mol. The van der Waals surface area contributed by atoms with Gasteiger partial charge in [-0.3, -0.25) is 4.79 Å². The zero-order chi connectivity index (χ0) is 8.97. The summed E-state index contributed by atoms with van der Waals surface area (Å²) < 4.78 is 4.73. The van der Waals surface area contributed by atoms with Crippen molar-refractivity contribution in [3.8, 4) is 0 Å². The second kappa shape index (κ2) is 4.42. The van der Waals surface area contributed by atoms with Crippen LogP contribution in [0.2, 0.25) is 0 Å². The maximum absolute atomic E-state index is 11.2. The van der Waals surface area contributed by atoms with Gasteiger partial charge in [-0.1, -0.05) is 0 Å². The van der Waals surface area contributed by atoms with E-state index >= 15 is 0 Å². The summed E-state index contributed by atoms with van der Waals surface area (Å²) in [6.07, 6.45) is 0.909. The molecule has 1 heterocycles. The molecule has 1 aliphatic heterocycles. The summed E-state index contributed by atoms with van der Waals surface area (Å²) in [7, 11) is 1.51. The molecule has 0 radical (unpaired) electrons. The van der Waals surface area contributed by atoms with Gasteiger partial charge in [0, 0.05) is 32.7 Å². The normalized spacial score (nSPS) is 23.2. The van der Waals surface area contributed by atoms with Crippen molar-refractivity contribution >= 4 is 5.91 Å². The average Bonchev–Trinajstić information content (AvgIpc) is 2.52. The quantitative estimate of drug-likeness (QED) is 0.624. The highest BCUT2D eigenvalue weighted by Crippen LogP contribution is 2.14. The van der Waals surface area contributed by atoms with Crippen LogP contribution in [0.5, 0.6) is 0 Å². The van der Waals surface area contributed by atoms with Gasteiger partial charge >= 0.3 is 0 Å². The van der Waals surface area contributed by atoms with Crippen LogP contribution in [0.1, 0.15) is 6.42 Å². The molecule has 0 aromatic rings. The second-order valence-corrected chi connectivity index (χ2v) is 3.11. The lowest BCUT2D eigenvalue weighted by Gasteiger charge is -2.14. The largest absolute Gasteiger partial charge is 0.396 e. The molecule has 0 saturated carbocycles. The highest BCUT2D eigenvalue weighted by atomic mass is 16.5. The molecular formula is C8H15NO3. The van der Waals surface area contributed by atoms with Gasteiger partial charge in [0.05, 0.1) is 0 Å². The first kappa shape index (κ1) is 9.48. The Hall–Kier alpha value is -0.610. The molecule has 0 bridgehead atoms. The number of amides is 1. The lowest BCUT2D eigenvalue weighted by molar-refractivity contribution is -0.134. The summed E-state index contributed by atoms with van der Waals surface area (Å²) in [5, 5.41) is 8.83. The van der Waals surface area contributed by atoms with E-state index in [0.717, 1.165) is 13.0 Å². The smallest absolute Gasteiger partial charge is 0.248 e. The van der Waals surface area contributed by atoms with E-state index in [1.807, 2.05) is 0 Å². The van der Waals surface area contributed by atoms with Crippen LogP contribution in [-0.4, -0.2) is 49.3 Å². The number of carbonyl (C=O) groups excluding carboxylic acids is 1. The van der Waals surface area contributed by atoms with Crippen LogP contribution >= 0.6 is 0 Å². The van der Waals surface area contributed by atoms with Gasteiger partial charge < -0.3 is 14.7 Å². The Balaban J connectivity index is 2.31. The first-order valence-electron chi connectivity index (χ1n) is 4.15. The molecule has 0 spiro atoms. The van der Waals surface area contributed by atoms with Crippen LogP contribution in [0.15, 0.2) is 0 Å². The van der Waals surface area contributed by atoms with Crippen molar-refractivity contribution in [2.24, 2.45) is 5.92 Å². The molecule has 4 heteroatoms. The van der Waals surface area contributed by atoms with E-state index in [0.29, 0.717) is 6.54 Å². The number of rotatable bonds is 3. The average molecular weight is 173 g/mol. The van der Waals surface area contributed by atoms with E-state index in [1.54, 1.807) is 4.90 Å². The van der Waals surface area contributed by atoms with Gasteiger partial charge in [0.25, 0.3) is 0 Å². The number of carbonyl (C=O) groups is 1. The fourth-order valence-corrected chi connectivity index (χ4v) is 1.42. The van der Waals surface area contributed by atoms with Crippen LogP contribution in [0.3, 0.4) is 0 Å². The van der Waals surface area contributed by atoms with Crippen LogP contribution < -0.4 is 0 Å². The van der Waals surface area contributed by atoms with Crippen LogP contribution in [0.4, 0.5) is 0 Å². The SMILES string of the molecule is COCC(=O)N1CCC(CO)C1. The van der Waals surface area contributed by atoms with Crippen molar-refractivity contribution in [3.63, 3.8) is 0 Å². The fraction of sp³-hybridized carbons (Fsp3) is 0.875. The zero-order valence-corrected chi connectivity index (χ0v) is 7.32. The number of hydrogen-bond acceptors (Lipinski definition) is 3. The Kier molecular flexibility index (Phi) is 3.49. The molecule has 70 valence electrons. The summed E-state index contributed by atoms with van der Waals surface area (Å²) in [5.41, 5.74) is 0. The van der Waals surface area contributed by atoms with Crippen molar-refractivity contribution in [3.05, 3.63) is 0 Å². The highest BCUT2D eigenvalue weighted by Gasteiger charge is 2.24. The first-order valence-corrected chi connectivity index (χ1v) is 4.15. The van der Waals surface area contributed by atoms with Gasteiger partial charge in [-0.2, -0.15) is 0 Å². The Morgan fingerprint density at radius 3 is 3.00 bits per heavy atom. The van der Waals surface area contributed by atoms with Crippen LogP contribution in [0.25, 0.3) is 0 Å². The molecule has 1 unspecified atom stereocenters. The van der Waals surface area contributed by atoms with Crippen molar-refractivity contribution in [1.82, 2.24) is 4.90 Å². The van der Waals surface area contributed by atoms with E-state index in [2.05, 4.69) is 0 Å². The van der Waals surface area contributed by atoms with Gasteiger partial charge in [0.2, 0.25) is 5.91 Å². The van der Waals surface area contributed by atoms with Gasteiger partial charge in [-0.05, 0) is 6.42 Å². The van der Waals surface area contributed by atoms with Gasteiger partial charge in [0.15, 0.2) is 0 Å². The molecule has 1 atom stereocenters. The highest BCUT2D eigenvalue weighted by molar-refractivity contribution is 5.77. The standard InChI is InChI=1S/C8H15NO3/c1-12-6-8(11)9-3-2-7(4-9)5-10/h7,10H,2-6H2,1H3. The van der Waals surface area contributed by atoms with Gasteiger partial charge in [0.1, 0.15) is 6.61 Å². The minimum Gasteiger partial charge on any atom is -0.396 e. The number of nitrogens with zero attached hydrogens (tertiary/aromatic N) is 1. The Bertz CT molecular complexity index is 160. The molecular weight excluding hydrogens is 158 g/mol. The predicted octanol–water partition coefficient (Wildman–Crippen LogP) is -0.526. The summed E-state index contributed by atoms with van der Waals surface area (Å²) in [6.45, 7) is 1.76. The minimum absolute atomic E-state index is 0.0217. The molecule has 1 N–H and O–H groups in total. The van der Waals surface area contributed by atoms with Crippen molar-refractivity contribution in [2.45, 2.75) is 6.42 Å². The lowest BCUT2D eigenvalue weighted by atomic mass is 10.1. The third-order valence-electron chi connectivity index (χ3n) is 2.16. The summed E-state index contributed by atoms with van der Waals surface area (Å²) in [5.74, 6) is 0.291. The van der Waals surface area contributed by atoms with Gasteiger partial charge in [-0.15, -0.1) is 0 Å². The van der Waals surface area contributed by atoms with Crippen LogP contribution in [0, 0.1) is 5.92 Å². The summed E-state index contributed by atoms with van der Waals surface area (Å²) in [4.78, 5) is 13.0. The second-order valence-electron chi connectivity index (χ2n) is 3.11.